The predicted octanol–water partition coefficient (Wildman–Crippen LogP) is 6.23. The highest BCUT2D eigenvalue weighted by Gasteiger charge is 2.32. The van der Waals surface area contributed by atoms with Crippen LogP contribution in [0.4, 0.5) is 9.18 Å². The van der Waals surface area contributed by atoms with Crippen molar-refractivity contribution < 1.29 is 13.9 Å². The average Bonchev–Trinajstić information content (AvgIpc) is 3.71. The molecule has 1 amide bonds. The maximum absolute atomic E-state index is 14.5. The van der Waals surface area contributed by atoms with Crippen LogP contribution in [0.1, 0.15) is 69.3 Å². The zero-order valence-corrected chi connectivity index (χ0v) is 23.8. The number of likely N-dealkylation sites (tertiary alicyclic amines) is 1. The van der Waals surface area contributed by atoms with Crippen LogP contribution < -0.4 is 5.43 Å². The van der Waals surface area contributed by atoms with Crippen LogP contribution in [0.3, 0.4) is 0 Å². The standard InChI is InChI=1S/C30H36ClFN4O3/c1-19-12-20(9-10-33-19)15-35(23-6-5-11-34(18-23)29(38)39-30(2,3)4)16-21-17-36(22-7-8-22)27-14-25(31)26(32)13-24(27)28(21)37/h9-10,12-14,17,22-23H,5-8,11,15-16,18H2,1-4H3. The number of hydrogen-bond donors (Lipinski definition) is 0. The normalized spacial score (nSPS) is 18.1. The zero-order chi connectivity index (χ0) is 27.9. The number of pyridine rings is 2. The van der Waals surface area contributed by atoms with Gasteiger partial charge in [-0.05, 0) is 83.2 Å². The molecule has 0 N–H and O–H groups in total. The average molecular weight is 555 g/mol. The maximum Gasteiger partial charge on any atom is 0.410 e. The van der Waals surface area contributed by atoms with Crippen molar-refractivity contribution >= 4 is 28.6 Å². The summed E-state index contributed by atoms with van der Waals surface area (Å²) in [5.41, 5.74) is 2.51. The first-order valence-electron chi connectivity index (χ1n) is 13.6. The summed E-state index contributed by atoms with van der Waals surface area (Å²) in [6.45, 7) is 9.66. The summed E-state index contributed by atoms with van der Waals surface area (Å²) in [5.74, 6) is -0.592. The van der Waals surface area contributed by atoms with Gasteiger partial charge >= 0.3 is 6.09 Å². The highest BCUT2D eigenvalue weighted by Crippen LogP contribution is 2.38. The molecule has 7 nitrogen and oxygen atoms in total. The molecule has 1 saturated heterocycles. The fourth-order valence-corrected chi connectivity index (χ4v) is 5.54. The Bertz CT molecular complexity index is 1450. The van der Waals surface area contributed by atoms with Crippen molar-refractivity contribution in [1.82, 2.24) is 19.4 Å². The molecule has 9 heteroatoms. The van der Waals surface area contributed by atoms with Crippen LogP contribution in [0.15, 0.2) is 41.5 Å². The third-order valence-corrected chi connectivity index (χ3v) is 7.66. The van der Waals surface area contributed by atoms with Crippen LogP contribution in [-0.2, 0) is 17.8 Å². The molecule has 3 aromatic rings. The molecule has 1 saturated carbocycles. The topological polar surface area (TPSA) is 67.7 Å². The Kier molecular flexibility index (Phi) is 7.71. The molecule has 1 unspecified atom stereocenters. The molecular weight excluding hydrogens is 519 g/mol. The van der Waals surface area contributed by atoms with Gasteiger partial charge in [0.05, 0.1) is 10.5 Å². The molecule has 2 aromatic heterocycles. The van der Waals surface area contributed by atoms with Crippen molar-refractivity contribution in [3.63, 3.8) is 0 Å². The van der Waals surface area contributed by atoms with Crippen LogP contribution in [0, 0.1) is 12.7 Å². The fourth-order valence-electron chi connectivity index (χ4n) is 5.38. The van der Waals surface area contributed by atoms with Gasteiger partial charge in [-0.15, -0.1) is 0 Å². The number of carbonyl (C=O) groups is 1. The monoisotopic (exact) mass is 554 g/mol. The van der Waals surface area contributed by atoms with E-state index in [2.05, 4.69) is 14.5 Å². The van der Waals surface area contributed by atoms with Gasteiger partial charge in [0.1, 0.15) is 11.4 Å². The number of carbonyl (C=O) groups excluding carboxylic acids is 1. The van der Waals surface area contributed by atoms with Gasteiger partial charge in [0.2, 0.25) is 0 Å². The molecule has 1 aromatic carbocycles. The van der Waals surface area contributed by atoms with E-state index in [-0.39, 0.29) is 28.6 Å². The molecule has 0 bridgehead atoms. The van der Waals surface area contributed by atoms with Crippen molar-refractivity contribution in [3.05, 3.63) is 74.5 Å². The van der Waals surface area contributed by atoms with Gasteiger partial charge in [-0.25, -0.2) is 9.18 Å². The van der Waals surface area contributed by atoms with Crippen LogP contribution >= 0.6 is 11.6 Å². The SMILES string of the molecule is Cc1cc(CN(Cc2cn(C3CC3)c3cc(Cl)c(F)cc3c2=O)C2CCCN(C(=O)OC(C)(C)C)C2)ccn1. The second-order valence-electron chi connectivity index (χ2n) is 11.8. The van der Waals surface area contributed by atoms with E-state index in [1.807, 2.05) is 46.0 Å². The number of ether oxygens (including phenoxy) is 1. The lowest BCUT2D eigenvalue weighted by molar-refractivity contribution is 0.00888. The van der Waals surface area contributed by atoms with E-state index < -0.39 is 11.4 Å². The molecule has 208 valence electrons. The number of piperidine rings is 1. The van der Waals surface area contributed by atoms with Gasteiger partial charge in [0.25, 0.3) is 0 Å². The summed E-state index contributed by atoms with van der Waals surface area (Å²) in [6.07, 6.45) is 7.15. The first-order valence-corrected chi connectivity index (χ1v) is 14.0. The van der Waals surface area contributed by atoms with Crippen LogP contribution in [0.5, 0.6) is 0 Å². The Morgan fingerprint density at radius 3 is 2.67 bits per heavy atom. The molecule has 2 fully saturated rings. The number of amides is 1. The van der Waals surface area contributed by atoms with Crippen molar-refractivity contribution in [2.24, 2.45) is 0 Å². The van der Waals surface area contributed by atoms with Gasteiger partial charge in [0.15, 0.2) is 5.43 Å². The number of halogens is 2. The lowest BCUT2D eigenvalue weighted by Crippen LogP contribution is -2.50. The van der Waals surface area contributed by atoms with Crippen molar-refractivity contribution in [1.29, 1.82) is 0 Å². The van der Waals surface area contributed by atoms with E-state index in [1.54, 1.807) is 17.2 Å². The van der Waals surface area contributed by atoms with E-state index in [4.69, 9.17) is 16.3 Å². The summed E-state index contributed by atoms with van der Waals surface area (Å²) in [7, 11) is 0. The first kappa shape index (κ1) is 27.6. The van der Waals surface area contributed by atoms with Gasteiger partial charge in [0, 0.05) is 67.3 Å². The molecule has 1 atom stereocenters. The molecule has 1 aliphatic carbocycles. The van der Waals surface area contributed by atoms with Crippen LogP contribution in [0.2, 0.25) is 5.02 Å². The summed E-state index contributed by atoms with van der Waals surface area (Å²) >= 11 is 6.10. The van der Waals surface area contributed by atoms with E-state index in [1.165, 1.54) is 6.07 Å². The number of aryl methyl sites for hydroxylation is 1. The van der Waals surface area contributed by atoms with E-state index in [9.17, 15) is 14.0 Å². The predicted molar refractivity (Wildman–Crippen MR) is 150 cm³/mol. The molecule has 0 spiro atoms. The quantitative estimate of drug-likeness (QED) is 0.361. The van der Waals surface area contributed by atoms with E-state index in [0.717, 1.165) is 36.9 Å². The van der Waals surface area contributed by atoms with Crippen LogP contribution in [-0.4, -0.2) is 50.2 Å². The summed E-state index contributed by atoms with van der Waals surface area (Å²) < 4.78 is 22.2. The Morgan fingerprint density at radius 2 is 1.97 bits per heavy atom. The van der Waals surface area contributed by atoms with Gasteiger partial charge in [-0.1, -0.05) is 11.6 Å². The van der Waals surface area contributed by atoms with Crippen molar-refractivity contribution in [3.8, 4) is 0 Å². The Balaban J connectivity index is 1.50. The molecule has 2 aliphatic rings. The minimum atomic E-state index is -0.592. The Hall–Kier alpha value is -2.97. The second kappa shape index (κ2) is 10.9. The summed E-state index contributed by atoms with van der Waals surface area (Å²) in [5, 5.41) is 0.364. The van der Waals surface area contributed by atoms with Crippen molar-refractivity contribution in [2.45, 2.75) is 84.2 Å². The number of nitrogens with zero attached hydrogens (tertiary/aromatic N) is 4. The number of hydrogen-bond acceptors (Lipinski definition) is 5. The van der Waals surface area contributed by atoms with Gasteiger partial charge < -0.3 is 14.2 Å². The van der Waals surface area contributed by atoms with E-state index in [0.29, 0.717) is 42.6 Å². The molecule has 39 heavy (non-hydrogen) atoms. The minimum absolute atomic E-state index is 0.0168. The maximum atomic E-state index is 14.5. The third-order valence-electron chi connectivity index (χ3n) is 7.37. The molecule has 0 radical (unpaired) electrons. The Morgan fingerprint density at radius 1 is 1.21 bits per heavy atom. The lowest BCUT2D eigenvalue weighted by atomic mass is 10.0. The number of benzene rings is 1. The van der Waals surface area contributed by atoms with Gasteiger partial charge in [-0.2, -0.15) is 0 Å². The number of aromatic nitrogens is 2. The lowest BCUT2D eigenvalue weighted by Gasteiger charge is -2.40. The Labute approximate surface area is 233 Å². The molecule has 5 rings (SSSR count). The molecule has 1 aliphatic heterocycles. The zero-order valence-electron chi connectivity index (χ0n) is 23.0. The largest absolute Gasteiger partial charge is 0.444 e. The number of rotatable bonds is 6. The summed E-state index contributed by atoms with van der Waals surface area (Å²) in [6, 6.07) is 7.15. The number of fused-ring (bicyclic) bond motifs is 1. The minimum Gasteiger partial charge on any atom is -0.444 e. The fraction of sp³-hybridized carbons (Fsp3) is 0.500. The summed E-state index contributed by atoms with van der Waals surface area (Å²) in [4.78, 5) is 35.0. The first-order chi connectivity index (χ1) is 18.5. The van der Waals surface area contributed by atoms with Crippen LogP contribution in [0.25, 0.3) is 10.9 Å². The van der Waals surface area contributed by atoms with Crippen molar-refractivity contribution in [2.75, 3.05) is 13.1 Å². The highest BCUT2D eigenvalue weighted by molar-refractivity contribution is 6.31. The third kappa shape index (κ3) is 6.44. The molecule has 3 heterocycles. The smallest absolute Gasteiger partial charge is 0.410 e. The van der Waals surface area contributed by atoms with E-state index >= 15 is 0 Å². The van der Waals surface area contributed by atoms with Gasteiger partial charge in [-0.3, -0.25) is 14.7 Å². The molecular formula is C30H36ClFN4O3. The second-order valence-corrected chi connectivity index (χ2v) is 12.2. The highest BCUT2D eigenvalue weighted by atomic mass is 35.5.